The lowest BCUT2D eigenvalue weighted by molar-refractivity contribution is -0.161. The maximum Gasteiger partial charge on any atom is 0.327 e. The van der Waals surface area contributed by atoms with Crippen LogP contribution in [0.3, 0.4) is 0 Å². The Kier molecular flexibility index (Phi) is 4.19. The highest BCUT2D eigenvalue weighted by Gasteiger charge is 2.67. The third kappa shape index (κ3) is 2.51. The van der Waals surface area contributed by atoms with Crippen molar-refractivity contribution in [1.29, 1.82) is 0 Å². The average molecular weight is 375 g/mol. The summed E-state index contributed by atoms with van der Waals surface area (Å²) in [4.78, 5) is 38.3. The second kappa shape index (κ2) is 6.28. The Bertz CT molecular complexity index is 750. The fourth-order valence-electron chi connectivity index (χ4n) is 4.34. The zero-order valence-corrected chi connectivity index (χ0v) is 14.9. The van der Waals surface area contributed by atoms with Crippen molar-refractivity contribution in [3.05, 3.63) is 35.9 Å². The number of benzene rings is 1. The predicted molar refractivity (Wildman–Crippen MR) is 96.1 cm³/mol. The molecule has 4 N–H and O–H groups in total. The molecular weight excluding hydrogens is 354 g/mol. The maximum absolute atomic E-state index is 12.6. The van der Waals surface area contributed by atoms with Crippen molar-refractivity contribution < 1.29 is 19.5 Å². The van der Waals surface area contributed by atoms with Gasteiger partial charge in [0, 0.05) is 4.75 Å². The van der Waals surface area contributed by atoms with Crippen LogP contribution in [0.1, 0.15) is 37.3 Å². The highest BCUT2D eigenvalue weighted by atomic mass is 32.2. The number of carboxylic acids is 1. The first-order chi connectivity index (χ1) is 12.4. The number of carbonyl (C=O) groups is 3. The van der Waals surface area contributed by atoms with Gasteiger partial charge in [-0.1, -0.05) is 43.2 Å². The van der Waals surface area contributed by atoms with E-state index in [9.17, 15) is 19.5 Å². The van der Waals surface area contributed by atoms with Crippen LogP contribution in [-0.2, 0) is 14.4 Å². The van der Waals surface area contributed by atoms with E-state index < -0.39 is 34.7 Å². The molecule has 1 aromatic rings. The predicted octanol–water partition coefficient (Wildman–Crippen LogP) is 0.852. The standard InChI is InChI=1S/C18H21N3O4S/c19-11(10-6-2-1-3-7-10)14(22)20-12-15(23)21-13(17(24)25)18(26-16(12)21)8-4-5-9-18/h1-3,6-7,11-13,16H,4-5,8-9,19H2,(H,20,22)(H,24,25)/t11?,12?,13?,16-/m0/s1. The van der Waals surface area contributed by atoms with Crippen molar-refractivity contribution >= 4 is 29.5 Å². The number of hydrogen-bond acceptors (Lipinski definition) is 5. The molecular formula is C18H21N3O4S. The Morgan fingerprint density at radius 1 is 1.27 bits per heavy atom. The number of nitrogens with one attached hydrogen (secondary N) is 1. The van der Waals surface area contributed by atoms with E-state index in [1.54, 1.807) is 24.3 Å². The quantitative estimate of drug-likeness (QED) is 0.673. The van der Waals surface area contributed by atoms with Gasteiger partial charge in [0.15, 0.2) is 0 Å². The molecule has 3 aliphatic rings. The number of fused-ring (bicyclic) bond motifs is 1. The molecule has 1 aromatic carbocycles. The van der Waals surface area contributed by atoms with E-state index in [1.165, 1.54) is 16.7 Å². The summed E-state index contributed by atoms with van der Waals surface area (Å²) in [6, 6.07) is 6.59. The second-order valence-corrected chi connectivity index (χ2v) is 8.67. The Hall–Kier alpha value is -2.06. The minimum absolute atomic E-state index is 0.325. The molecule has 2 aliphatic heterocycles. The molecule has 2 heterocycles. The first-order valence-electron chi connectivity index (χ1n) is 8.78. The molecule has 4 rings (SSSR count). The van der Waals surface area contributed by atoms with Gasteiger partial charge in [-0.2, -0.15) is 0 Å². The molecule has 7 nitrogen and oxygen atoms in total. The van der Waals surface area contributed by atoms with Crippen LogP contribution in [0.5, 0.6) is 0 Å². The largest absolute Gasteiger partial charge is 0.480 e. The number of aliphatic carboxylic acids is 1. The van der Waals surface area contributed by atoms with Crippen molar-refractivity contribution in [3.63, 3.8) is 0 Å². The number of nitrogens with zero attached hydrogens (tertiary/aromatic N) is 1. The van der Waals surface area contributed by atoms with Crippen molar-refractivity contribution in [2.75, 3.05) is 0 Å². The van der Waals surface area contributed by atoms with Gasteiger partial charge >= 0.3 is 5.97 Å². The van der Waals surface area contributed by atoms with Gasteiger partial charge < -0.3 is 21.1 Å². The molecule has 8 heteroatoms. The lowest BCUT2D eigenvalue weighted by Gasteiger charge is -2.43. The zero-order chi connectivity index (χ0) is 18.5. The van der Waals surface area contributed by atoms with Crippen LogP contribution in [0.25, 0.3) is 0 Å². The summed E-state index contributed by atoms with van der Waals surface area (Å²) in [6.07, 6.45) is 3.53. The Balaban J connectivity index is 1.49. The smallest absolute Gasteiger partial charge is 0.327 e. The molecule has 1 spiro atoms. The summed E-state index contributed by atoms with van der Waals surface area (Å²) in [5.74, 6) is -1.71. The van der Waals surface area contributed by atoms with Crippen molar-refractivity contribution in [2.24, 2.45) is 5.73 Å². The third-order valence-electron chi connectivity index (χ3n) is 5.63. The summed E-state index contributed by atoms with van der Waals surface area (Å²) < 4.78 is -0.423. The van der Waals surface area contributed by atoms with Crippen molar-refractivity contribution in [2.45, 2.75) is 53.9 Å². The van der Waals surface area contributed by atoms with Crippen LogP contribution in [-0.4, -0.2) is 50.0 Å². The molecule has 138 valence electrons. The number of hydrogen-bond donors (Lipinski definition) is 3. The van der Waals surface area contributed by atoms with E-state index in [0.29, 0.717) is 5.56 Å². The molecule has 0 bridgehead atoms. The van der Waals surface area contributed by atoms with Gasteiger partial charge in [0.05, 0.1) is 0 Å². The van der Waals surface area contributed by atoms with Gasteiger partial charge in [-0.15, -0.1) is 11.8 Å². The summed E-state index contributed by atoms with van der Waals surface area (Å²) >= 11 is 1.54. The van der Waals surface area contributed by atoms with Crippen LogP contribution in [0.4, 0.5) is 0 Å². The molecule has 26 heavy (non-hydrogen) atoms. The third-order valence-corrected chi connectivity index (χ3v) is 7.48. The fourth-order valence-corrected chi connectivity index (χ4v) is 6.35. The van der Waals surface area contributed by atoms with E-state index in [2.05, 4.69) is 5.32 Å². The van der Waals surface area contributed by atoms with E-state index in [4.69, 9.17) is 5.73 Å². The molecule has 4 atom stereocenters. The normalized spacial score (nSPS) is 30.0. The molecule has 2 saturated heterocycles. The van der Waals surface area contributed by atoms with Gasteiger partial charge in [-0.05, 0) is 18.4 Å². The number of amides is 2. The first kappa shape index (κ1) is 17.4. The van der Waals surface area contributed by atoms with Gasteiger partial charge in [-0.25, -0.2) is 4.79 Å². The molecule has 1 aliphatic carbocycles. The van der Waals surface area contributed by atoms with Gasteiger partial charge in [0.2, 0.25) is 11.8 Å². The lowest BCUT2D eigenvalue weighted by atomic mass is 9.92. The minimum Gasteiger partial charge on any atom is -0.480 e. The van der Waals surface area contributed by atoms with Gasteiger partial charge in [0.25, 0.3) is 0 Å². The van der Waals surface area contributed by atoms with Crippen LogP contribution in [0, 0.1) is 0 Å². The van der Waals surface area contributed by atoms with E-state index in [0.717, 1.165) is 25.7 Å². The molecule has 1 saturated carbocycles. The van der Waals surface area contributed by atoms with E-state index >= 15 is 0 Å². The highest BCUT2D eigenvalue weighted by molar-refractivity contribution is 8.01. The van der Waals surface area contributed by atoms with Crippen LogP contribution >= 0.6 is 11.8 Å². The monoisotopic (exact) mass is 375 g/mol. The molecule has 2 amide bonds. The van der Waals surface area contributed by atoms with Crippen molar-refractivity contribution in [3.8, 4) is 0 Å². The number of β-lactam (4-membered cyclic amide) rings is 1. The summed E-state index contributed by atoms with van der Waals surface area (Å²) in [5, 5.41) is 12.1. The molecule has 0 aromatic heterocycles. The van der Waals surface area contributed by atoms with Gasteiger partial charge in [0.1, 0.15) is 23.5 Å². The van der Waals surface area contributed by atoms with E-state index in [-0.39, 0.29) is 11.3 Å². The van der Waals surface area contributed by atoms with Gasteiger partial charge in [-0.3, -0.25) is 9.59 Å². The Morgan fingerprint density at radius 3 is 2.54 bits per heavy atom. The highest BCUT2D eigenvalue weighted by Crippen LogP contribution is 2.57. The minimum atomic E-state index is -0.957. The number of nitrogens with two attached hydrogens (primary N) is 1. The Morgan fingerprint density at radius 2 is 1.92 bits per heavy atom. The van der Waals surface area contributed by atoms with Crippen LogP contribution < -0.4 is 11.1 Å². The zero-order valence-electron chi connectivity index (χ0n) is 14.1. The fraction of sp³-hybridized carbons (Fsp3) is 0.500. The van der Waals surface area contributed by atoms with Crippen molar-refractivity contribution in [1.82, 2.24) is 10.2 Å². The van der Waals surface area contributed by atoms with E-state index in [1.807, 2.05) is 6.07 Å². The number of carbonyl (C=O) groups excluding carboxylic acids is 2. The maximum atomic E-state index is 12.6. The average Bonchev–Trinajstić information content (AvgIpc) is 3.23. The molecule has 3 unspecified atom stereocenters. The summed E-state index contributed by atoms with van der Waals surface area (Å²) in [6.45, 7) is 0. The topological polar surface area (TPSA) is 113 Å². The number of rotatable bonds is 4. The second-order valence-electron chi connectivity index (χ2n) is 7.14. The molecule has 3 fully saturated rings. The SMILES string of the molecule is NC(C(=O)NC1C(=O)N2C(C(=O)O)C3(CCCC3)S[C@@H]12)c1ccccc1. The summed E-state index contributed by atoms with van der Waals surface area (Å²) in [7, 11) is 0. The Labute approximate surface area is 155 Å². The first-order valence-corrected chi connectivity index (χ1v) is 9.66. The summed E-state index contributed by atoms with van der Waals surface area (Å²) in [5.41, 5.74) is 6.67. The van der Waals surface area contributed by atoms with Crippen LogP contribution in [0.2, 0.25) is 0 Å². The van der Waals surface area contributed by atoms with Crippen LogP contribution in [0.15, 0.2) is 30.3 Å². The lowest BCUT2D eigenvalue weighted by Crippen LogP contribution is -2.71. The molecule has 0 radical (unpaired) electrons. The number of thioether (sulfide) groups is 1. The number of carboxylic acid groups (broad SMARTS) is 1.